The molecule has 5 nitrogen and oxygen atoms in total. The van der Waals surface area contributed by atoms with Crippen molar-refractivity contribution in [3.05, 3.63) is 42.0 Å². The standard InChI is InChI=1S/C18H25N3O2/c1-3-23-16-8-7-14(12-17(16)22-2)13-21-11-5-4-6-15(21)18-19-9-10-20-18/h7-10,12,15H,3-6,11,13H2,1-2H3,(H,19,20). The summed E-state index contributed by atoms with van der Waals surface area (Å²) >= 11 is 0. The molecule has 1 unspecified atom stereocenters. The quantitative estimate of drug-likeness (QED) is 0.886. The molecular weight excluding hydrogens is 290 g/mol. The van der Waals surface area contributed by atoms with Gasteiger partial charge in [0, 0.05) is 18.9 Å². The molecule has 23 heavy (non-hydrogen) atoms. The number of nitrogens with one attached hydrogen (secondary N) is 1. The number of rotatable bonds is 6. The molecule has 1 aromatic carbocycles. The lowest BCUT2D eigenvalue weighted by Gasteiger charge is -2.34. The van der Waals surface area contributed by atoms with Crippen LogP contribution in [0.5, 0.6) is 11.5 Å². The van der Waals surface area contributed by atoms with E-state index in [9.17, 15) is 0 Å². The average molecular weight is 315 g/mol. The lowest BCUT2D eigenvalue weighted by molar-refractivity contribution is 0.134. The predicted molar refractivity (Wildman–Crippen MR) is 89.8 cm³/mol. The normalized spacial score (nSPS) is 18.8. The summed E-state index contributed by atoms with van der Waals surface area (Å²) in [4.78, 5) is 10.2. The molecule has 0 aliphatic carbocycles. The molecule has 1 aliphatic rings. The van der Waals surface area contributed by atoms with Gasteiger partial charge >= 0.3 is 0 Å². The molecule has 5 heteroatoms. The Morgan fingerprint density at radius 2 is 2.22 bits per heavy atom. The SMILES string of the molecule is CCOc1ccc(CN2CCCCC2c2ncc[nH]2)cc1OC. The minimum Gasteiger partial charge on any atom is -0.493 e. The van der Waals surface area contributed by atoms with Crippen LogP contribution in [0.2, 0.25) is 0 Å². The van der Waals surface area contributed by atoms with Gasteiger partial charge in [0.2, 0.25) is 0 Å². The third-order valence-corrected chi connectivity index (χ3v) is 4.36. The first-order valence-corrected chi connectivity index (χ1v) is 8.35. The van der Waals surface area contributed by atoms with Crippen LogP contribution in [0.3, 0.4) is 0 Å². The summed E-state index contributed by atoms with van der Waals surface area (Å²) in [6.45, 7) is 4.62. The molecule has 1 aliphatic heterocycles. The van der Waals surface area contributed by atoms with Crippen molar-refractivity contribution in [2.75, 3.05) is 20.3 Å². The van der Waals surface area contributed by atoms with Gasteiger partial charge in [0.25, 0.3) is 0 Å². The van der Waals surface area contributed by atoms with Crippen molar-refractivity contribution in [2.24, 2.45) is 0 Å². The lowest BCUT2D eigenvalue weighted by Crippen LogP contribution is -2.33. The summed E-state index contributed by atoms with van der Waals surface area (Å²) < 4.78 is 11.1. The molecule has 0 bridgehead atoms. The number of H-pyrrole nitrogens is 1. The van der Waals surface area contributed by atoms with Gasteiger partial charge in [-0.15, -0.1) is 0 Å². The number of aromatic nitrogens is 2. The molecule has 0 amide bonds. The van der Waals surface area contributed by atoms with Crippen LogP contribution >= 0.6 is 0 Å². The van der Waals surface area contributed by atoms with Gasteiger partial charge in [0.15, 0.2) is 11.5 Å². The van der Waals surface area contributed by atoms with Crippen LogP contribution in [-0.2, 0) is 6.54 Å². The Morgan fingerprint density at radius 1 is 1.30 bits per heavy atom. The number of likely N-dealkylation sites (tertiary alicyclic amines) is 1. The van der Waals surface area contributed by atoms with E-state index >= 15 is 0 Å². The summed E-state index contributed by atoms with van der Waals surface area (Å²) in [5.74, 6) is 2.68. The van der Waals surface area contributed by atoms with Gasteiger partial charge in [-0.3, -0.25) is 4.90 Å². The molecule has 1 fully saturated rings. The van der Waals surface area contributed by atoms with Crippen molar-refractivity contribution in [1.82, 2.24) is 14.9 Å². The van der Waals surface area contributed by atoms with Crippen molar-refractivity contribution >= 4 is 0 Å². The van der Waals surface area contributed by atoms with Gasteiger partial charge in [-0.2, -0.15) is 0 Å². The fourth-order valence-electron chi connectivity index (χ4n) is 3.27. The van der Waals surface area contributed by atoms with Crippen LogP contribution in [0.25, 0.3) is 0 Å². The highest BCUT2D eigenvalue weighted by Crippen LogP contribution is 2.33. The molecular formula is C18H25N3O2. The largest absolute Gasteiger partial charge is 0.493 e. The topological polar surface area (TPSA) is 50.4 Å². The van der Waals surface area contributed by atoms with Crippen molar-refractivity contribution in [2.45, 2.75) is 38.8 Å². The Labute approximate surface area is 137 Å². The fourth-order valence-corrected chi connectivity index (χ4v) is 3.27. The minimum absolute atomic E-state index is 0.372. The molecule has 3 rings (SSSR count). The average Bonchev–Trinajstić information content (AvgIpc) is 3.11. The molecule has 0 radical (unpaired) electrons. The zero-order valence-electron chi connectivity index (χ0n) is 13.9. The van der Waals surface area contributed by atoms with Gasteiger partial charge in [0.05, 0.1) is 19.8 Å². The first-order valence-electron chi connectivity index (χ1n) is 8.35. The molecule has 2 aromatic rings. The maximum atomic E-state index is 5.60. The van der Waals surface area contributed by atoms with Crippen LogP contribution in [-0.4, -0.2) is 35.1 Å². The third-order valence-electron chi connectivity index (χ3n) is 4.36. The zero-order valence-corrected chi connectivity index (χ0v) is 13.9. The van der Waals surface area contributed by atoms with Gasteiger partial charge in [-0.1, -0.05) is 12.5 Å². The number of aromatic amines is 1. The lowest BCUT2D eigenvalue weighted by atomic mass is 10.0. The molecule has 1 N–H and O–H groups in total. The van der Waals surface area contributed by atoms with E-state index in [1.165, 1.54) is 18.4 Å². The second-order valence-electron chi connectivity index (χ2n) is 5.87. The fraction of sp³-hybridized carbons (Fsp3) is 0.500. The molecule has 0 saturated carbocycles. The van der Waals surface area contributed by atoms with E-state index in [0.29, 0.717) is 12.6 Å². The van der Waals surface area contributed by atoms with Crippen LogP contribution < -0.4 is 9.47 Å². The molecule has 1 aromatic heterocycles. The summed E-state index contributed by atoms with van der Waals surface area (Å²) in [6.07, 6.45) is 7.39. The number of imidazole rings is 1. The second kappa shape index (κ2) is 7.51. The second-order valence-corrected chi connectivity index (χ2v) is 5.87. The predicted octanol–water partition coefficient (Wildman–Crippen LogP) is 3.54. The Hall–Kier alpha value is -2.01. The van der Waals surface area contributed by atoms with E-state index < -0.39 is 0 Å². The number of hydrogen-bond donors (Lipinski definition) is 1. The van der Waals surface area contributed by atoms with Crippen LogP contribution in [0.4, 0.5) is 0 Å². The van der Waals surface area contributed by atoms with Gasteiger partial charge < -0.3 is 14.5 Å². The van der Waals surface area contributed by atoms with Crippen LogP contribution in [0.15, 0.2) is 30.6 Å². The van der Waals surface area contributed by atoms with E-state index in [-0.39, 0.29) is 0 Å². The number of nitrogens with zero attached hydrogens (tertiary/aromatic N) is 2. The zero-order chi connectivity index (χ0) is 16.1. The van der Waals surface area contributed by atoms with Crippen molar-refractivity contribution in [3.63, 3.8) is 0 Å². The molecule has 2 heterocycles. The number of ether oxygens (including phenoxy) is 2. The highest BCUT2D eigenvalue weighted by atomic mass is 16.5. The third kappa shape index (κ3) is 3.67. The summed E-state index contributed by atoms with van der Waals surface area (Å²) in [7, 11) is 1.69. The molecule has 124 valence electrons. The Morgan fingerprint density at radius 3 is 2.96 bits per heavy atom. The number of hydrogen-bond acceptors (Lipinski definition) is 4. The van der Waals surface area contributed by atoms with Crippen LogP contribution in [0.1, 0.15) is 43.6 Å². The highest BCUT2D eigenvalue weighted by Gasteiger charge is 2.25. The van der Waals surface area contributed by atoms with E-state index in [0.717, 1.165) is 36.8 Å². The van der Waals surface area contributed by atoms with Crippen molar-refractivity contribution < 1.29 is 9.47 Å². The van der Waals surface area contributed by atoms with E-state index in [4.69, 9.17) is 9.47 Å². The van der Waals surface area contributed by atoms with Crippen molar-refractivity contribution in [3.8, 4) is 11.5 Å². The maximum absolute atomic E-state index is 5.60. The van der Waals surface area contributed by atoms with Crippen LogP contribution in [0, 0.1) is 0 Å². The highest BCUT2D eigenvalue weighted by molar-refractivity contribution is 5.43. The van der Waals surface area contributed by atoms with E-state index in [2.05, 4.69) is 27.0 Å². The summed E-state index contributed by atoms with van der Waals surface area (Å²) in [5.41, 5.74) is 1.24. The van der Waals surface area contributed by atoms with Gasteiger partial charge in [0.1, 0.15) is 5.82 Å². The maximum Gasteiger partial charge on any atom is 0.161 e. The summed E-state index contributed by atoms with van der Waals surface area (Å²) in [6, 6.07) is 6.58. The number of methoxy groups -OCH3 is 1. The first kappa shape index (κ1) is 15.9. The smallest absolute Gasteiger partial charge is 0.161 e. The first-order chi connectivity index (χ1) is 11.3. The Bertz CT molecular complexity index is 613. The monoisotopic (exact) mass is 315 g/mol. The number of benzene rings is 1. The molecule has 1 saturated heterocycles. The Kier molecular flexibility index (Phi) is 5.18. The van der Waals surface area contributed by atoms with Crippen molar-refractivity contribution in [1.29, 1.82) is 0 Å². The molecule has 1 atom stereocenters. The molecule has 0 spiro atoms. The van der Waals surface area contributed by atoms with Gasteiger partial charge in [-0.25, -0.2) is 4.98 Å². The van der Waals surface area contributed by atoms with Gasteiger partial charge in [-0.05, 0) is 44.0 Å². The number of piperidine rings is 1. The minimum atomic E-state index is 0.372. The summed E-state index contributed by atoms with van der Waals surface area (Å²) in [5, 5.41) is 0. The Balaban J connectivity index is 1.76. The van der Waals surface area contributed by atoms with E-state index in [1.807, 2.05) is 25.4 Å². The van der Waals surface area contributed by atoms with E-state index in [1.54, 1.807) is 7.11 Å².